The minimum Gasteiger partial charge on any atom is -0.322 e. The fourth-order valence-corrected chi connectivity index (χ4v) is 4.15. The van der Waals surface area contributed by atoms with Crippen molar-refractivity contribution in [3.8, 4) is 0 Å². The van der Waals surface area contributed by atoms with Crippen LogP contribution < -0.4 is 5.32 Å². The van der Waals surface area contributed by atoms with Gasteiger partial charge in [0, 0.05) is 37.9 Å². The number of para-hydroxylation sites is 1. The van der Waals surface area contributed by atoms with E-state index in [2.05, 4.69) is 22.0 Å². The summed E-state index contributed by atoms with van der Waals surface area (Å²) in [7, 11) is 0. The molecule has 2 aliphatic rings. The smallest absolute Gasteiger partial charge is 0.321 e. The average molecular weight is 305 g/mol. The van der Waals surface area contributed by atoms with Gasteiger partial charge >= 0.3 is 6.03 Å². The summed E-state index contributed by atoms with van der Waals surface area (Å²) >= 11 is 2.07. The minimum absolute atomic E-state index is 0.0278. The second kappa shape index (κ2) is 7.18. The Morgan fingerprint density at radius 1 is 1.05 bits per heavy atom. The molecule has 114 valence electrons. The highest BCUT2D eigenvalue weighted by Crippen LogP contribution is 2.22. The molecule has 2 fully saturated rings. The summed E-state index contributed by atoms with van der Waals surface area (Å²) in [5.41, 5.74) is 0.870. The Hall–Kier alpha value is -1.20. The SMILES string of the molecule is O=C(Nc1ccccc1)N1CCN(C2CCSCC2)CC1. The van der Waals surface area contributed by atoms with Gasteiger partial charge in [-0.3, -0.25) is 4.90 Å². The number of hydrogen-bond donors (Lipinski definition) is 1. The largest absolute Gasteiger partial charge is 0.322 e. The van der Waals surface area contributed by atoms with Gasteiger partial charge in [-0.05, 0) is 36.5 Å². The molecule has 0 spiro atoms. The van der Waals surface area contributed by atoms with Crippen LogP contribution in [0, 0.1) is 0 Å². The van der Waals surface area contributed by atoms with Crippen molar-refractivity contribution in [1.29, 1.82) is 0 Å². The van der Waals surface area contributed by atoms with Crippen LogP contribution in [0.2, 0.25) is 0 Å². The summed E-state index contributed by atoms with van der Waals surface area (Å²) in [5, 5.41) is 2.97. The second-order valence-corrected chi connectivity index (χ2v) is 6.89. The van der Waals surface area contributed by atoms with Crippen LogP contribution in [-0.2, 0) is 0 Å². The molecule has 4 nitrogen and oxygen atoms in total. The molecule has 0 aromatic heterocycles. The summed E-state index contributed by atoms with van der Waals surface area (Å²) in [6.07, 6.45) is 2.61. The van der Waals surface area contributed by atoms with Crippen LogP contribution in [0.15, 0.2) is 30.3 Å². The van der Waals surface area contributed by atoms with Gasteiger partial charge in [0.2, 0.25) is 0 Å². The van der Waals surface area contributed by atoms with Gasteiger partial charge in [-0.25, -0.2) is 4.79 Å². The van der Waals surface area contributed by atoms with Crippen molar-refractivity contribution in [2.24, 2.45) is 0 Å². The summed E-state index contributed by atoms with van der Waals surface area (Å²) in [4.78, 5) is 16.8. The number of anilines is 1. The number of thioether (sulfide) groups is 1. The first kappa shape index (κ1) is 14.7. The van der Waals surface area contributed by atoms with Crippen LogP contribution in [0.1, 0.15) is 12.8 Å². The van der Waals surface area contributed by atoms with Crippen LogP contribution in [0.5, 0.6) is 0 Å². The molecule has 0 saturated carbocycles. The van der Waals surface area contributed by atoms with Gasteiger partial charge in [-0.1, -0.05) is 18.2 Å². The van der Waals surface area contributed by atoms with Gasteiger partial charge in [0.1, 0.15) is 0 Å². The third-order valence-corrected chi connectivity index (χ3v) is 5.38. The van der Waals surface area contributed by atoms with E-state index in [1.807, 2.05) is 35.2 Å². The standard InChI is InChI=1S/C16H23N3OS/c20-16(17-14-4-2-1-3-5-14)19-10-8-18(9-11-19)15-6-12-21-13-7-15/h1-5,15H,6-13H2,(H,17,20). The third kappa shape index (κ3) is 3.92. The molecular formula is C16H23N3OS. The molecule has 1 N–H and O–H groups in total. The topological polar surface area (TPSA) is 35.6 Å². The lowest BCUT2D eigenvalue weighted by Crippen LogP contribution is -2.53. The predicted octanol–water partition coefficient (Wildman–Crippen LogP) is 2.73. The lowest BCUT2D eigenvalue weighted by molar-refractivity contribution is 0.108. The van der Waals surface area contributed by atoms with Crippen molar-refractivity contribution in [2.75, 3.05) is 43.0 Å². The zero-order valence-corrected chi connectivity index (χ0v) is 13.1. The highest BCUT2D eigenvalue weighted by Gasteiger charge is 2.27. The van der Waals surface area contributed by atoms with Crippen molar-refractivity contribution in [3.63, 3.8) is 0 Å². The fraction of sp³-hybridized carbons (Fsp3) is 0.562. The molecule has 3 rings (SSSR count). The number of carbonyl (C=O) groups excluding carboxylic acids is 1. The van der Waals surface area contributed by atoms with Crippen LogP contribution in [0.3, 0.4) is 0 Å². The Labute approximate surface area is 130 Å². The van der Waals surface area contributed by atoms with E-state index in [1.165, 1.54) is 24.3 Å². The quantitative estimate of drug-likeness (QED) is 0.912. The monoisotopic (exact) mass is 305 g/mol. The average Bonchev–Trinajstić information content (AvgIpc) is 2.57. The summed E-state index contributed by atoms with van der Waals surface area (Å²) in [5.74, 6) is 2.58. The molecule has 0 aliphatic carbocycles. The molecule has 2 aliphatic heterocycles. The fourth-order valence-electron chi connectivity index (χ4n) is 3.06. The van der Waals surface area contributed by atoms with Gasteiger partial charge in [0.25, 0.3) is 0 Å². The number of benzene rings is 1. The van der Waals surface area contributed by atoms with Crippen molar-refractivity contribution in [2.45, 2.75) is 18.9 Å². The van der Waals surface area contributed by atoms with Crippen LogP contribution in [0.4, 0.5) is 10.5 Å². The van der Waals surface area contributed by atoms with Crippen molar-refractivity contribution in [3.05, 3.63) is 30.3 Å². The first-order valence-corrected chi connectivity index (χ1v) is 8.91. The molecule has 0 bridgehead atoms. The van der Waals surface area contributed by atoms with Gasteiger partial charge in [0.05, 0.1) is 0 Å². The molecule has 1 aromatic carbocycles. The molecule has 5 heteroatoms. The maximum atomic E-state index is 12.2. The second-order valence-electron chi connectivity index (χ2n) is 5.66. The molecule has 0 atom stereocenters. The normalized spacial score (nSPS) is 21.2. The zero-order valence-electron chi connectivity index (χ0n) is 12.3. The number of urea groups is 1. The number of nitrogens with one attached hydrogen (secondary N) is 1. The Morgan fingerprint density at radius 2 is 1.71 bits per heavy atom. The number of amides is 2. The molecule has 2 saturated heterocycles. The van der Waals surface area contributed by atoms with Gasteiger partial charge < -0.3 is 10.2 Å². The van der Waals surface area contributed by atoms with Gasteiger partial charge in [-0.2, -0.15) is 11.8 Å². The van der Waals surface area contributed by atoms with E-state index in [4.69, 9.17) is 0 Å². The van der Waals surface area contributed by atoms with Crippen molar-refractivity contribution >= 4 is 23.5 Å². The maximum Gasteiger partial charge on any atom is 0.321 e. The number of hydrogen-bond acceptors (Lipinski definition) is 3. The lowest BCUT2D eigenvalue weighted by atomic mass is 10.1. The summed E-state index contributed by atoms with van der Waals surface area (Å²) in [6.45, 7) is 3.69. The highest BCUT2D eigenvalue weighted by molar-refractivity contribution is 7.99. The number of carbonyl (C=O) groups is 1. The first-order valence-electron chi connectivity index (χ1n) is 7.76. The predicted molar refractivity (Wildman–Crippen MR) is 89.0 cm³/mol. The lowest BCUT2D eigenvalue weighted by Gasteiger charge is -2.40. The molecule has 1 aromatic rings. The molecule has 0 radical (unpaired) electrons. The minimum atomic E-state index is 0.0278. The molecule has 2 amide bonds. The van der Waals surface area contributed by atoms with E-state index in [9.17, 15) is 4.79 Å². The van der Waals surface area contributed by atoms with Crippen LogP contribution in [0.25, 0.3) is 0 Å². The van der Waals surface area contributed by atoms with Crippen LogP contribution >= 0.6 is 11.8 Å². The molecule has 2 heterocycles. The third-order valence-electron chi connectivity index (χ3n) is 4.33. The Balaban J connectivity index is 1.47. The van der Waals surface area contributed by atoms with E-state index >= 15 is 0 Å². The maximum absolute atomic E-state index is 12.2. The van der Waals surface area contributed by atoms with Gasteiger partial charge in [0.15, 0.2) is 0 Å². The zero-order chi connectivity index (χ0) is 14.5. The number of rotatable bonds is 2. The number of nitrogens with zero attached hydrogens (tertiary/aromatic N) is 2. The van der Waals surface area contributed by atoms with E-state index in [1.54, 1.807) is 0 Å². The number of piperazine rings is 1. The summed E-state index contributed by atoms with van der Waals surface area (Å²) in [6, 6.07) is 10.5. The van der Waals surface area contributed by atoms with Crippen molar-refractivity contribution < 1.29 is 4.79 Å². The van der Waals surface area contributed by atoms with Crippen molar-refractivity contribution in [1.82, 2.24) is 9.80 Å². The van der Waals surface area contributed by atoms with Gasteiger partial charge in [-0.15, -0.1) is 0 Å². The summed E-state index contributed by atoms with van der Waals surface area (Å²) < 4.78 is 0. The van der Waals surface area contributed by atoms with E-state index in [0.717, 1.165) is 37.9 Å². The first-order chi connectivity index (χ1) is 10.3. The van der Waals surface area contributed by atoms with Crippen LogP contribution in [-0.4, -0.2) is 59.6 Å². The molecule has 21 heavy (non-hydrogen) atoms. The van der Waals surface area contributed by atoms with E-state index in [0.29, 0.717) is 0 Å². The van der Waals surface area contributed by atoms with E-state index < -0.39 is 0 Å². The highest BCUT2D eigenvalue weighted by atomic mass is 32.2. The van der Waals surface area contributed by atoms with E-state index in [-0.39, 0.29) is 6.03 Å². The molecule has 0 unspecified atom stereocenters. The molecular weight excluding hydrogens is 282 g/mol. The Morgan fingerprint density at radius 3 is 2.38 bits per heavy atom. The Bertz CT molecular complexity index is 454. The Kier molecular flexibility index (Phi) is 5.04.